The van der Waals surface area contributed by atoms with E-state index in [0.29, 0.717) is 17.7 Å². The highest BCUT2D eigenvalue weighted by molar-refractivity contribution is 6.08. The van der Waals surface area contributed by atoms with Crippen molar-refractivity contribution in [2.45, 2.75) is 46.0 Å². The zero-order valence-electron chi connectivity index (χ0n) is 13.9. The number of fused-ring (bicyclic) bond motifs is 1. The van der Waals surface area contributed by atoms with Crippen molar-refractivity contribution in [3.8, 4) is 5.75 Å². The number of Topliss-reactive ketones (excluding diaryl/α,β-unsaturated/α-hetero) is 2. The van der Waals surface area contributed by atoms with Gasteiger partial charge in [-0.2, -0.15) is 0 Å². The van der Waals surface area contributed by atoms with Gasteiger partial charge in [0.05, 0.1) is 0 Å². The minimum Gasteiger partial charge on any atom is -0.485 e. The Hall–Kier alpha value is -2.16. The largest absolute Gasteiger partial charge is 0.485 e. The van der Waals surface area contributed by atoms with E-state index in [4.69, 9.17) is 4.74 Å². The maximum atomic E-state index is 11.9. The zero-order chi connectivity index (χ0) is 16.7. The number of unbranched alkanes of at least 4 members (excludes halogenated alkanes) is 3. The zero-order valence-corrected chi connectivity index (χ0v) is 13.9. The first-order valence-electron chi connectivity index (χ1n) is 8.30. The van der Waals surface area contributed by atoms with Crippen LogP contribution in [-0.4, -0.2) is 18.2 Å². The van der Waals surface area contributed by atoms with Gasteiger partial charge in [-0.1, -0.05) is 50.5 Å². The maximum Gasteiger partial charge on any atom is 0.170 e. The first-order valence-corrected chi connectivity index (χ1v) is 8.30. The third-order valence-electron chi connectivity index (χ3n) is 3.96. The summed E-state index contributed by atoms with van der Waals surface area (Å²) < 4.78 is 5.71. The fourth-order valence-electron chi connectivity index (χ4n) is 2.68. The van der Waals surface area contributed by atoms with Crippen LogP contribution >= 0.6 is 0 Å². The Morgan fingerprint density at radius 2 is 1.70 bits per heavy atom. The molecule has 0 aromatic heterocycles. The molecule has 0 aliphatic carbocycles. The highest BCUT2D eigenvalue weighted by Gasteiger charge is 2.11. The number of carbonyl (C=O) groups excluding carboxylic acids is 2. The molecule has 3 nitrogen and oxygen atoms in total. The van der Waals surface area contributed by atoms with Crippen molar-refractivity contribution < 1.29 is 14.3 Å². The van der Waals surface area contributed by atoms with E-state index in [-0.39, 0.29) is 18.2 Å². The van der Waals surface area contributed by atoms with Gasteiger partial charge in [0.15, 0.2) is 11.6 Å². The second kappa shape index (κ2) is 8.47. The quantitative estimate of drug-likeness (QED) is 0.485. The lowest BCUT2D eigenvalue weighted by molar-refractivity contribution is -0.121. The lowest BCUT2D eigenvalue weighted by atomic mass is 10.0. The van der Waals surface area contributed by atoms with Crippen LogP contribution in [0.5, 0.6) is 5.75 Å². The number of benzene rings is 2. The van der Waals surface area contributed by atoms with Crippen molar-refractivity contribution >= 4 is 22.3 Å². The molecule has 0 atom stereocenters. The molecule has 2 aromatic rings. The molecule has 0 saturated carbocycles. The molecule has 122 valence electrons. The highest BCUT2D eigenvalue weighted by atomic mass is 16.5. The second-order valence-corrected chi connectivity index (χ2v) is 5.85. The van der Waals surface area contributed by atoms with Crippen LogP contribution in [0, 0.1) is 0 Å². The van der Waals surface area contributed by atoms with Crippen LogP contribution in [0.15, 0.2) is 36.4 Å². The number of hydrogen-bond donors (Lipinski definition) is 0. The van der Waals surface area contributed by atoms with Gasteiger partial charge in [0.25, 0.3) is 0 Å². The van der Waals surface area contributed by atoms with Gasteiger partial charge < -0.3 is 4.74 Å². The van der Waals surface area contributed by atoms with Crippen molar-refractivity contribution in [3.05, 3.63) is 42.0 Å². The Bertz CT molecular complexity index is 688. The molecule has 23 heavy (non-hydrogen) atoms. The molecule has 0 unspecified atom stereocenters. The topological polar surface area (TPSA) is 43.4 Å². The van der Waals surface area contributed by atoms with Gasteiger partial charge in [0, 0.05) is 17.4 Å². The van der Waals surface area contributed by atoms with E-state index in [1.54, 1.807) is 19.1 Å². The van der Waals surface area contributed by atoms with Crippen LogP contribution in [-0.2, 0) is 4.79 Å². The number of ketones is 2. The molecule has 0 radical (unpaired) electrons. The third-order valence-corrected chi connectivity index (χ3v) is 3.96. The number of ether oxygens (including phenoxy) is 1. The predicted molar refractivity (Wildman–Crippen MR) is 93.2 cm³/mol. The predicted octanol–water partition coefficient (Wildman–Crippen LogP) is 4.96. The summed E-state index contributed by atoms with van der Waals surface area (Å²) in [6.45, 7) is 3.80. The van der Waals surface area contributed by atoms with E-state index in [2.05, 4.69) is 6.92 Å². The Morgan fingerprint density at radius 3 is 2.39 bits per heavy atom. The SMILES string of the molecule is CCCCCCC(=O)COc1ccc(C(C)=O)c2ccccc12. The minimum absolute atomic E-state index is 0.0275. The molecule has 0 bridgehead atoms. The smallest absolute Gasteiger partial charge is 0.170 e. The Morgan fingerprint density at radius 1 is 0.957 bits per heavy atom. The molecule has 2 aromatic carbocycles. The van der Waals surface area contributed by atoms with Crippen LogP contribution in [0.2, 0.25) is 0 Å². The molecule has 0 spiro atoms. The average molecular weight is 312 g/mol. The summed E-state index contributed by atoms with van der Waals surface area (Å²) >= 11 is 0. The fraction of sp³-hybridized carbons (Fsp3) is 0.400. The van der Waals surface area contributed by atoms with Gasteiger partial charge in [-0.05, 0) is 30.9 Å². The standard InChI is InChI=1S/C20H24O3/c1-3-4-5-6-9-16(22)14-23-20-13-12-17(15(2)21)18-10-7-8-11-19(18)20/h7-8,10-13H,3-6,9,14H2,1-2H3. The van der Waals surface area contributed by atoms with Crippen LogP contribution in [0.25, 0.3) is 10.8 Å². The summed E-state index contributed by atoms with van der Waals surface area (Å²) in [7, 11) is 0. The molecule has 0 N–H and O–H groups in total. The van der Waals surface area contributed by atoms with Gasteiger partial charge in [-0.25, -0.2) is 0 Å². The van der Waals surface area contributed by atoms with Crippen molar-refractivity contribution in [2.75, 3.05) is 6.61 Å². The van der Waals surface area contributed by atoms with Crippen LogP contribution in [0.3, 0.4) is 0 Å². The third kappa shape index (κ3) is 4.65. The molecule has 3 heteroatoms. The van der Waals surface area contributed by atoms with Gasteiger partial charge in [-0.15, -0.1) is 0 Å². The fourth-order valence-corrected chi connectivity index (χ4v) is 2.68. The Kier molecular flexibility index (Phi) is 6.33. The van der Waals surface area contributed by atoms with E-state index in [1.165, 1.54) is 12.8 Å². The van der Waals surface area contributed by atoms with Crippen LogP contribution in [0.1, 0.15) is 56.3 Å². The lowest BCUT2D eigenvalue weighted by Gasteiger charge is -2.11. The van der Waals surface area contributed by atoms with Gasteiger partial charge in [0.1, 0.15) is 12.4 Å². The van der Waals surface area contributed by atoms with E-state index in [9.17, 15) is 9.59 Å². The second-order valence-electron chi connectivity index (χ2n) is 5.85. The average Bonchev–Trinajstić information content (AvgIpc) is 2.56. The monoisotopic (exact) mass is 312 g/mol. The number of hydrogen-bond acceptors (Lipinski definition) is 3. The summed E-state index contributed by atoms with van der Waals surface area (Å²) in [5.41, 5.74) is 0.679. The Balaban J connectivity index is 2.05. The number of rotatable bonds is 9. The summed E-state index contributed by atoms with van der Waals surface area (Å²) in [4.78, 5) is 23.6. The lowest BCUT2D eigenvalue weighted by Crippen LogP contribution is -2.11. The molecule has 0 aliphatic rings. The van der Waals surface area contributed by atoms with Crippen molar-refractivity contribution in [2.24, 2.45) is 0 Å². The van der Waals surface area contributed by atoms with Crippen molar-refractivity contribution in [1.82, 2.24) is 0 Å². The van der Waals surface area contributed by atoms with Crippen LogP contribution < -0.4 is 4.74 Å². The van der Waals surface area contributed by atoms with E-state index in [0.717, 1.165) is 23.6 Å². The summed E-state index contributed by atoms with van der Waals surface area (Å²) in [6, 6.07) is 11.2. The van der Waals surface area contributed by atoms with E-state index >= 15 is 0 Å². The molecule has 0 heterocycles. The van der Waals surface area contributed by atoms with Crippen LogP contribution in [0.4, 0.5) is 0 Å². The van der Waals surface area contributed by atoms with Crippen molar-refractivity contribution in [1.29, 1.82) is 0 Å². The minimum atomic E-state index is 0.0275. The van der Waals surface area contributed by atoms with Crippen molar-refractivity contribution in [3.63, 3.8) is 0 Å². The van der Waals surface area contributed by atoms with Gasteiger partial charge >= 0.3 is 0 Å². The Labute approximate surface area is 137 Å². The normalized spacial score (nSPS) is 10.7. The maximum absolute atomic E-state index is 11.9. The summed E-state index contributed by atoms with van der Waals surface area (Å²) in [5.74, 6) is 0.813. The molecule has 0 saturated heterocycles. The molecular formula is C20H24O3. The summed E-state index contributed by atoms with van der Waals surface area (Å²) in [6.07, 6.45) is 4.94. The molecular weight excluding hydrogens is 288 g/mol. The van der Waals surface area contributed by atoms with E-state index in [1.807, 2.05) is 24.3 Å². The molecule has 0 fully saturated rings. The first-order chi connectivity index (χ1) is 11.1. The first kappa shape index (κ1) is 17.2. The summed E-state index contributed by atoms with van der Waals surface area (Å²) in [5, 5.41) is 1.74. The molecule has 0 aliphatic heterocycles. The number of carbonyl (C=O) groups is 2. The van der Waals surface area contributed by atoms with E-state index < -0.39 is 0 Å². The molecule has 2 rings (SSSR count). The highest BCUT2D eigenvalue weighted by Crippen LogP contribution is 2.28. The van der Waals surface area contributed by atoms with Gasteiger partial charge in [0.2, 0.25) is 0 Å². The van der Waals surface area contributed by atoms with Gasteiger partial charge in [-0.3, -0.25) is 9.59 Å². The molecule has 0 amide bonds.